The van der Waals surface area contributed by atoms with E-state index < -0.39 is 0 Å². The van der Waals surface area contributed by atoms with Crippen molar-refractivity contribution < 1.29 is 9.47 Å². The summed E-state index contributed by atoms with van der Waals surface area (Å²) in [6.07, 6.45) is 0. The minimum absolute atomic E-state index is 0.293. The van der Waals surface area contributed by atoms with Gasteiger partial charge in [-0.15, -0.1) is 0 Å². The molecule has 3 aromatic rings. The molecule has 2 N–H and O–H groups in total. The Hall–Kier alpha value is -3.19. The first-order chi connectivity index (χ1) is 13.1. The van der Waals surface area contributed by atoms with Gasteiger partial charge in [0.25, 0.3) is 0 Å². The first kappa shape index (κ1) is 18.6. The average Bonchev–Trinajstić information content (AvgIpc) is 2.68. The number of aryl methyl sites for hydroxylation is 1. The summed E-state index contributed by atoms with van der Waals surface area (Å²) >= 11 is 5.33. The van der Waals surface area contributed by atoms with E-state index in [1.807, 2.05) is 30.3 Å². The molecule has 3 rings (SSSR count). The number of hydrogen-bond acceptors (Lipinski definition) is 5. The largest absolute Gasteiger partial charge is 0.481 e. The van der Waals surface area contributed by atoms with Gasteiger partial charge in [0.2, 0.25) is 17.7 Å². The normalized spacial score (nSPS) is 10.1. The van der Waals surface area contributed by atoms with E-state index in [9.17, 15) is 0 Å². The fraction of sp³-hybridized carbons (Fsp3) is 0.150. The van der Waals surface area contributed by atoms with Crippen LogP contribution in [0.15, 0.2) is 60.7 Å². The van der Waals surface area contributed by atoms with E-state index in [4.69, 9.17) is 21.7 Å². The molecule has 0 spiro atoms. The van der Waals surface area contributed by atoms with Crippen molar-refractivity contribution in [1.82, 2.24) is 15.3 Å². The minimum atomic E-state index is 0.293. The monoisotopic (exact) mass is 380 g/mol. The molecule has 2 aromatic carbocycles. The lowest BCUT2D eigenvalue weighted by Crippen LogP contribution is -2.28. The van der Waals surface area contributed by atoms with Crippen molar-refractivity contribution in [2.75, 3.05) is 12.4 Å². The summed E-state index contributed by atoms with van der Waals surface area (Å²) in [5, 5.41) is 6.51. The van der Waals surface area contributed by atoms with E-state index in [1.165, 1.54) is 12.7 Å². The summed E-state index contributed by atoms with van der Waals surface area (Å²) in [5.41, 5.74) is 2.35. The first-order valence-electron chi connectivity index (χ1n) is 8.39. The molecule has 0 saturated heterocycles. The first-order valence-corrected chi connectivity index (χ1v) is 8.79. The number of para-hydroxylation sites is 1. The average molecular weight is 380 g/mol. The number of hydrogen-bond donors (Lipinski definition) is 2. The highest BCUT2D eigenvalue weighted by atomic mass is 32.1. The molecule has 1 heterocycles. The fourth-order valence-electron chi connectivity index (χ4n) is 2.26. The Labute approximate surface area is 163 Å². The summed E-state index contributed by atoms with van der Waals surface area (Å²) in [4.78, 5) is 8.58. The second kappa shape index (κ2) is 8.95. The summed E-state index contributed by atoms with van der Waals surface area (Å²) in [7, 11) is 1.53. The summed E-state index contributed by atoms with van der Waals surface area (Å²) in [6.45, 7) is 2.65. The molecular weight excluding hydrogens is 360 g/mol. The van der Waals surface area contributed by atoms with E-state index in [0.717, 1.165) is 5.56 Å². The molecule has 0 amide bonds. The second-order valence-electron chi connectivity index (χ2n) is 5.78. The zero-order valence-electron chi connectivity index (χ0n) is 15.1. The van der Waals surface area contributed by atoms with Gasteiger partial charge in [0, 0.05) is 6.54 Å². The Kier molecular flexibility index (Phi) is 6.17. The number of nitrogens with zero attached hydrogens (tertiary/aromatic N) is 2. The smallest absolute Gasteiger partial charge is 0.235 e. The van der Waals surface area contributed by atoms with Crippen LogP contribution in [-0.4, -0.2) is 22.2 Å². The number of nitrogens with one attached hydrogen (secondary N) is 2. The third-order valence-corrected chi connectivity index (χ3v) is 3.90. The van der Waals surface area contributed by atoms with Gasteiger partial charge in [-0.05, 0) is 36.8 Å². The van der Waals surface area contributed by atoms with Crippen LogP contribution in [-0.2, 0) is 6.54 Å². The lowest BCUT2D eigenvalue weighted by atomic mass is 10.1. The number of ether oxygens (including phenoxy) is 2. The van der Waals surface area contributed by atoms with E-state index in [0.29, 0.717) is 35.1 Å². The second-order valence-corrected chi connectivity index (χ2v) is 6.19. The molecular formula is C20H20N4O2S. The maximum Gasteiger partial charge on any atom is 0.235 e. The van der Waals surface area contributed by atoms with Crippen molar-refractivity contribution in [2.24, 2.45) is 0 Å². The molecule has 138 valence electrons. The van der Waals surface area contributed by atoms with Gasteiger partial charge in [0.1, 0.15) is 5.75 Å². The number of benzene rings is 2. The Balaban J connectivity index is 1.65. The number of methoxy groups -OCH3 is 1. The van der Waals surface area contributed by atoms with Gasteiger partial charge in [-0.1, -0.05) is 48.0 Å². The molecule has 0 aliphatic heterocycles. The van der Waals surface area contributed by atoms with Crippen LogP contribution >= 0.6 is 12.2 Å². The molecule has 0 atom stereocenters. The van der Waals surface area contributed by atoms with Gasteiger partial charge in [-0.25, -0.2) is 0 Å². The lowest BCUT2D eigenvalue weighted by molar-refractivity contribution is 0.389. The van der Waals surface area contributed by atoms with E-state index in [1.54, 1.807) is 6.07 Å². The molecule has 0 aliphatic rings. The zero-order valence-corrected chi connectivity index (χ0v) is 15.9. The quantitative estimate of drug-likeness (QED) is 0.625. The Morgan fingerprint density at radius 3 is 2.41 bits per heavy atom. The molecule has 7 heteroatoms. The Morgan fingerprint density at radius 2 is 1.70 bits per heavy atom. The maximum atomic E-state index is 5.75. The van der Waals surface area contributed by atoms with Crippen molar-refractivity contribution >= 4 is 23.3 Å². The third kappa shape index (κ3) is 5.65. The third-order valence-electron chi connectivity index (χ3n) is 3.65. The van der Waals surface area contributed by atoms with Gasteiger partial charge < -0.3 is 20.1 Å². The van der Waals surface area contributed by atoms with Crippen LogP contribution in [0.1, 0.15) is 11.1 Å². The van der Waals surface area contributed by atoms with Gasteiger partial charge in [-0.2, -0.15) is 9.97 Å². The van der Waals surface area contributed by atoms with Gasteiger partial charge in [0.05, 0.1) is 13.2 Å². The predicted molar refractivity (Wildman–Crippen MR) is 109 cm³/mol. The molecule has 0 aliphatic carbocycles. The summed E-state index contributed by atoms with van der Waals surface area (Å²) in [5.74, 6) is 1.70. The van der Waals surface area contributed by atoms with Gasteiger partial charge in [0.15, 0.2) is 5.11 Å². The standard InChI is InChI=1S/C20H20N4O2S/c1-14-8-10-15(11-9-14)13-21-20(27)24-19-22-17(25-2)12-18(23-19)26-16-6-4-3-5-7-16/h3-12H,13H2,1-2H3,(H2,21,22,23,24,27). The number of aromatic nitrogens is 2. The van der Waals surface area contributed by atoms with Crippen LogP contribution in [0.25, 0.3) is 0 Å². The van der Waals surface area contributed by atoms with Crippen molar-refractivity contribution in [1.29, 1.82) is 0 Å². The highest BCUT2D eigenvalue weighted by Gasteiger charge is 2.09. The van der Waals surface area contributed by atoms with Gasteiger partial charge >= 0.3 is 0 Å². The number of rotatable bonds is 6. The van der Waals surface area contributed by atoms with Crippen LogP contribution in [0.5, 0.6) is 17.5 Å². The van der Waals surface area contributed by atoms with Crippen LogP contribution < -0.4 is 20.1 Å². The predicted octanol–water partition coefficient (Wildman–Crippen LogP) is 4.07. The molecule has 0 unspecified atom stereocenters. The summed E-state index contributed by atoms with van der Waals surface area (Å²) < 4.78 is 11.0. The molecule has 0 saturated carbocycles. The summed E-state index contributed by atoms with van der Waals surface area (Å²) in [6, 6.07) is 19.2. The Bertz CT molecular complexity index is 902. The molecule has 27 heavy (non-hydrogen) atoms. The van der Waals surface area contributed by atoms with Crippen LogP contribution in [0.4, 0.5) is 5.95 Å². The van der Waals surface area contributed by atoms with E-state index >= 15 is 0 Å². The van der Waals surface area contributed by atoms with Crippen LogP contribution in [0.2, 0.25) is 0 Å². The molecule has 1 aromatic heterocycles. The maximum absolute atomic E-state index is 5.75. The van der Waals surface area contributed by atoms with Crippen LogP contribution in [0, 0.1) is 6.92 Å². The van der Waals surface area contributed by atoms with Gasteiger partial charge in [-0.3, -0.25) is 0 Å². The SMILES string of the molecule is COc1cc(Oc2ccccc2)nc(NC(=S)NCc2ccc(C)cc2)n1. The van der Waals surface area contributed by atoms with E-state index in [-0.39, 0.29) is 0 Å². The minimum Gasteiger partial charge on any atom is -0.481 e. The van der Waals surface area contributed by atoms with Crippen molar-refractivity contribution in [2.45, 2.75) is 13.5 Å². The molecule has 0 bridgehead atoms. The molecule has 0 fully saturated rings. The molecule has 0 radical (unpaired) electrons. The van der Waals surface area contributed by atoms with Crippen molar-refractivity contribution in [3.8, 4) is 17.5 Å². The van der Waals surface area contributed by atoms with Crippen LogP contribution in [0.3, 0.4) is 0 Å². The highest BCUT2D eigenvalue weighted by molar-refractivity contribution is 7.80. The fourth-order valence-corrected chi connectivity index (χ4v) is 2.42. The van der Waals surface area contributed by atoms with Crippen molar-refractivity contribution in [3.63, 3.8) is 0 Å². The Morgan fingerprint density at radius 1 is 1.00 bits per heavy atom. The lowest BCUT2D eigenvalue weighted by Gasteiger charge is -2.12. The van der Waals surface area contributed by atoms with Crippen molar-refractivity contribution in [3.05, 3.63) is 71.8 Å². The molecule has 6 nitrogen and oxygen atoms in total. The number of thiocarbonyl (C=S) groups is 1. The topological polar surface area (TPSA) is 68.3 Å². The number of anilines is 1. The zero-order chi connectivity index (χ0) is 19.1. The van der Waals surface area contributed by atoms with E-state index in [2.05, 4.69) is 51.8 Å². The highest BCUT2D eigenvalue weighted by Crippen LogP contribution is 2.23.